The van der Waals surface area contributed by atoms with Crippen LogP contribution in [0.25, 0.3) is 0 Å². The monoisotopic (exact) mass is 248 g/mol. The molecule has 18 heavy (non-hydrogen) atoms. The predicted molar refractivity (Wildman–Crippen MR) is 65.9 cm³/mol. The number of hydrogen-bond donors (Lipinski definition) is 1. The number of amides is 2. The molecule has 0 aromatic heterocycles. The Hall–Kier alpha value is -2.04. The lowest BCUT2D eigenvalue weighted by Gasteiger charge is -2.20. The van der Waals surface area contributed by atoms with Crippen LogP contribution in [0.3, 0.4) is 0 Å². The minimum Gasteiger partial charge on any atom is -0.453 e. The normalized spacial score (nSPS) is 18.9. The second kappa shape index (κ2) is 5.08. The number of nitrogens with one attached hydrogen (secondary N) is 1. The Balaban J connectivity index is 2.26. The van der Waals surface area contributed by atoms with E-state index in [1.165, 1.54) is 7.11 Å². The minimum atomic E-state index is -0.582. The molecule has 0 radical (unpaired) electrons. The standard InChI is InChI=1S/C13H16N2O3/c1-15-8-10-6-4-3-5-9(10)7-11(12(15)16)14-13(17)18-2/h3-6,11H,7-8H2,1-2H3,(H,14,17)/t11-/m0/s1. The van der Waals surface area contributed by atoms with E-state index < -0.39 is 12.1 Å². The molecule has 96 valence electrons. The molecule has 2 rings (SSSR count). The highest BCUT2D eigenvalue weighted by molar-refractivity contribution is 5.86. The molecule has 1 N–H and O–H groups in total. The molecule has 1 aromatic rings. The van der Waals surface area contributed by atoms with E-state index in [1.807, 2.05) is 24.3 Å². The Kier molecular flexibility index (Phi) is 3.50. The van der Waals surface area contributed by atoms with Gasteiger partial charge in [0.2, 0.25) is 5.91 Å². The SMILES string of the molecule is COC(=O)N[C@H]1Cc2ccccc2CN(C)C1=O. The molecule has 1 aromatic carbocycles. The van der Waals surface area contributed by atoms with Crippen molar-refractivity contribution in [1.29, 1.82) is 0 Å². The van der Waals surface area contributed by atoms with Crippen molar-refractivity contribution in [2.24, 2.45) is 0 Å². The molecule has 0 aliphatic carbocycles. The van der Waals surface area contributed by atoms with Gasteiger partial charge in [0, 0.05) is 20.0 Å². The molecule has 5 heteroatoms. The summed E-state index contributed by atoms with van der Waals surface area (Å²) in [6.45, 7) is 0.564. The minimum absolute atomic E-state index is 0.100. The lowest BCUT2D eigenvalue weighted by molar-refractivity contribution is -0.132. The van der Waals surface area contributed by atoms with E-state index >= 15 is 0 Å². The highest BCUT2D eigenvalue weighted by atomic mass is 16.5. The first kappa shape index (κ1) is 12.4. The lowest BCUT2D eigenvalue weighted by Crippen LogP contribution is -2.46. The van der Waals surface area contributed by atoms with E-state index in [0.29, 0.717) is 13.0 Å². The zero-order chi connectivity index (χ0) is 13.1. The average Bonchev–Trinajstić information content (AvgIpc) is 2.49. The predicted octanol–water partition coefficient (Wildman–Crippen LogP) is 0.926. The number of methoxy groups -OCH3 is 1. The first-order valence-electron chi connectivity index (χ1n) is 5.78. The molecule has 0 fully saturated rings. The summed E-state index contributed by atoms with van der Waals surface area (Å²) in [5.41, 5.74) is 2.19. The van der Waals surface area contributed by atoms with Crippen molar-refractivity contribution in [3.8, 4) is 0 Å². The smallest absolute Gasteiger partial charge is 0.407 e. The van der Waals surface area contributed by atoms with Crippen molar-refractivity contribution in [1.82, 2.24) is 10.2 Å². The van der Waals surface area contributed by atoms with Crippen molar-refractivity contribution < 1.29 is 14.3 Å². The fourth-order valence-corrected chi connectivity index (χ4v) is 2.13. The Morgan fingerprint density at radius 3 is 2.72 bits per heavy atom. The van der Waals surface area contributed by atoms with Gasteiger partial charge in [0.1, 0.15) is 6.04 Å². The summed E-state index contributed by atoms with van der Waals surface area (Å²) in [6, 6.07) is 7.30. The lowest BCUT2D eigenvalue weighted by atomic mass is 10.0. The zero-order valence-corrected chi connectivity index (χ0v) is 10.5. The largest absolute Gasteiger partial charge is 0.453 e. The molecular formula is C13H16N2O3. The van der Waals surface area contributed by atoms with Gasteiger partial charge in [0.05, 0.1) is 7.11 Å². The van der Waals surface area contributed by atoms with Gasteiger partial charge in [-0.3, -0.25) is 4.79 Å². The Morgan fingerprint density at radius 1 is 1.39 bits per heavy atom. The summed E-state index contributed by atoms with van der Waals surface area (Å²) in [4.78, 5) is 25.0. The molecule has 1 aliphatic heterocycles. The number of carbonyl (C=O) groups excluding carboxylic acids is 2. The molecule has 0 spiro atoms. The highest BCUT2D eigenvalue weighted by Crippen LogP contribution is 2.18. The topological polar surface area (TPSA) is 58.6 Å². The summed E-state index contributed by atoms with van der Waals surface area (Å²) >= 11 is 0. The van der Waals surface area contributed by atoms with Gasteiger partial charge in [-0.05, 0) is 11.1 Å². The molecule has 1 heterocycles. The number of fused-ring (bicyclic) bond motifs is 1. The van der Waals surface area contributed by atoms with Gasteiger partial charge in [-0.25, -0.2) is 4.79 Å². The third-order valence-electron chi connectivity index (χ3n) is 3.10. The fraction of sp³-hybridized carbons (Fsp3) is 0.385. The Labute approximate surface area is 106 Å². The van der Waals surface area contributed by atoms with Crippen LogP contribution in [0.5, 0.6) is 0 Å². The van der Waals surface area contributed by atoms with Gasteiger partial charge >= 0.3 is 6.09 Å². The summed E-state index contributed by atoms with van der Waals surface area (Å²) in [5, 5.41) is 2.58. The summed E-state index contributed by atoms with van der Waals surface area (Å²) in [7, 11) is 3.02. The number of ether oxygens (including phenoxy) is 1. The molecule has 0 unspecified atom stereocenters. The van der Waals surface area contributed by atoms with Crippen LogP contribution in [0.1, 0.15) is 11.1 Å². The molecule has 5 nitrogen and oxygen atoms in total. The van der Waals surface area contributed by atoms with E-state index in [2.05, 4.69) is 10.1 Å². The molecular weight excluding hydrogens is 232 g/mol. The van der Waals surface area contributed by atoms with Gasteiger partial charge in [-0.1, -0.05) is 24.3 Å². The third-order valence-corrected chi connectivity index (χ3v) is 3.10. The highest BCUT2D eigenvalue weighted by Gasteiger charge is 2.28. The number of alkyl carbamates (subject to hydrolysis) is 1. The summed E-state index contributed by atoms with van der Waals surface area (Å²) < 4.78 is 4.54. The number of nitrogens with zero attached hydrogens (tertiary/aromatic N) is 1. The van der Waals surface area contributed by atoms with Gasteiger partial charge in [0.15, 0.2) is 0 Å². The van der Waals surface area contributed by atoms with Gasteiger partial charge in [-0.15, -0.1) is 0 Å². The fourth-order valence-electron chi connectivity index (χ4n) is 2.13. The molecule has 0 saturated carbocycles. The van der Waals surface area contributed by atoms with E-state index in [4.69, 9.17) is 0 Å². The first-order valence-corrected chi connectivity index (χ1v) is 5.78. The number of rotatable bonds is 1. The van der Waals surface area contributed by atoms with E-state index in [-0.39, 0.29) is 5.91 Å². The van der Waals surface area contributed by atoms with Crippen molar-refractivity contribution in [2.45, 2.75) is 19.0 Å². The van der Waals surface area contributed by atoms with Crippen molar-refractivity contribution in [2.75, 3.05) is 14.2 Å². The number of carbonyl (C=O) groups is 2. The Bertz CT molecular complexity index is 473. The van der Waals surface area contributed by atoms with Crippen LogP contribution in [-0.4, -0.2) is 37.1 Å². The maximum absolute atomic E-state index is 12.1. The van der Waals surface area contributed by atoms with Crippen LogP contribution in [-0.2, 0) is 22.5 Å². The van der Waals surface area contributed by atoms with Gasteiger partial charge in [-0.2, -0.15) is 0 Å². The summed E-state index contributed by atoms with van der Waals surface area (Å²) in [6.07, 6.45) is -0.0878. The quantitative estimate of drug-likeness (QED) is 0.804. The number of benzene rings is 1. The van der Waals surface area contributed by atoms with E-state index in [1.54, 1.807) is 11.9 Å². The molecule has 1 atom stereocenters. The van der Waals surface area contributed by atoms with Crippen LogP contribution >= 0.6 is 0 Å². The van der Waals surface area contributed by atoms with E-state index in [0.717, 1.165) is 11.1 Å². The second-order valence-corrected chi connectivity index (χ2v) is 4.36. The Morgan fingerprint density at radius 2 is 2.06 bits per heavy atom. The van der Waals surface area contributed by atoms with Crippen LogP contribution in [0, 0.1) is 0 Å². The van der Waals surface area contributed by atoms with Crippen molar-refractivity contribution >= 4 is 12.0 Å². The number of likely N-dealkylation sites (N-methyl/N-ethyl adjacent to an activating group) is 1. The zero-order valence-electron chi connectivity index (χ0n) is 10.5. The van der Waals surface area contributed by atoms with Crippen LogP contribution in [0.15, 0.2) is 24.3 Å². The molecule has 1 aliphatic rings. The van der Waals surface area contributed by atoms with Crippen molar-refractivity contribution in [3.05, 3.63) is 35.4 Å². The van der Waals surface area contributed by atoms with Crippen LogP contribution in [0.2, 0.25) is 0 Å². The van der Waals surface area contributed by atoms with Crippen LogP contribution < -0.4 is 5.32 Å². The molecule has 2 amide bonds. The van der Waals surface area contributed by atoms with Gasteiger partial charge < -0.3 is 15.0 Å². The summed E-state index contributed by atoms with van der Waals surface area (Å²) in [5.74, 6) is -0.100. The molecule has 0 bridgehead atoms. The van der Waals surface area contributed by atoms with Crippen LogP contribution in [0.4, 0.5) is 4.79 Å². The number of hydrogen-bond acceptors (Lipinski definition) is 3. The van der Waals surface area contributed by atoms with Crippen molar-refractivity contribution in [3.63, 3.8) is 0 Å². The maximum atomic E-state index is 12.1. The van der Waals surface area contributed by atoms with Gasteiger partial charge in [0.25, 0.3) is 0 Å². The average molecular weight is 248 g/mol. The first-order chi connectivity index (χ1) is 8.61. The molecule has 0 saturated heterocycles. The second-order valence-electron chi connectivity index (χ2n) is 4.36. The van der Waals surface area contributed by atoms with E-state index in [9.17, 15) is 9.59 Å². The maximum Gasteiger partial charge on any atom is 0.407 e. The third kappa shape index (κ3) is 2.45.